The lowest BCUT2D eigenvalue weighted by atomic mass is 9.91. The number of β-amino-alcohol motifs (C(OH)–C–C–N with tert-alkyl or cyclic N) is 1. The monoisotopic (exact) mass is 484 g/mol. The maximum absolute atomic E-state index is 13.1. The molecule has 182 valence electrons. The third-order valence-electron chi connectivity index (χ3n) is 6.25. The number of hydrogen-bond donors (Lipinski definition) is 2. The number of piperidine rings is 1. The number of halogens is 3. The Labute approximate surface area is 198 Å². The first-order valence-corrected chi connectivity index (χ1v) is 11.1. The van der Waals surface area contributed by atoms with Gasteiger partial charge in [-0.25, -0.2) is 4.98 Å². The predicted molar refractivity (Wildman–Crippen MR) is 124 cm³/mol. The number of H-pyrrole nitrogens is 1. The Balaban J connectivity index is 1.34. The number of aliphatic hydroxyl groups is 1. The largest absolute Gasteiger partial charge is 0.449 e. The number of fused-ring (bicyclic) bond motifs is 2. The number of amides is 1. The fourth-order valence-corrected chi connectivity index (χ4v) is 4.68. The number of aromatic amines is 1. The number of alkyl halides is 3. The number of nitrogens with one attached hydrogen (secondary N) is 1. The Morgan fingerprint density at radius 3 is 2.83 bits per heavy atom. The molecule has 1 unspecified atom stereocenters. The third-order valence-corrected chi connectivity index (χ3v) is 6.25. The molecule has 0 spiro atoms. The zero-order valence-corrected chi connectivity index (χ0v) is 18.9. The van der Waals surface area contributed by atoms with Gasteiger partial charge in [0, 0.05) is 38.1 Å². The van der Waals surface area contributed by atoms with Gasteiger partial charge in [0.05, 0.1) is 34.4 Å². The summed E-state index contributed by atoms with van der Waals surface area (Å²) < 4.78 is 38.8. The van der Waals surface area contributed by atoms with Crippen LogP contribution in [-0.2, 0) is 6.18 Å². The molecule has 35 heavy (non-hydrogen) atoms. The molecule has 2 N–H and O–H groups in total. The van der Waals surface area contributed by atoms with Gasteiger partial charge in [0.2, 0.25) is 5.82 Å². The van der Waals surface area contributed by atoms with Crippen molar-refractivity contribution in [2.75, 3.05) is 31.6 Å². The summed E-state index contributed by atoms with van der Waals surface area (Å²) >= 11 is 0. The van der Waals surface area contributed by atoms with Crippen molar-refractivity contribution in [1.82, 2.24) is 24.8 Å². The van der Waals surface area contributed by atoms with Gasteiger partial charge < -0.3 is 19.9 Å². The van der Waals surface area contributed by atoms with Crippen molar-refractivity contribution >= 4 is 33.7 Å². The smallest absolute Gasteiger partial charge is 0.386 e. The highest BCUT2D eigenvalue weighted by molar-refractivity contribution is 5.97. The van der Waals surface area contributed by atoms with Gasteiger partial charge in [-0.3, -0.25) is 14.8 Å². The lowest BCUT2D eigenvalue weighted by Gasteiger charge is -2.42. The van der Waals surface area contributed by atoms with E-state index in [1.807, 2.05) is 23.1 Å². The van der Waals surface area contributed by atoms with Gasteiger partial charge in [-0.15, -0.1) is 0 Å². The number of carbonyl (C=O) groups is 1. The van der Waals surface area contributed by atoms with E-state index in [-0.39, 0.29) is 23.1 Å². The minimum absolute atomic E-state index is 0.0631. The Kier molecular flexibility index (Phi) is 5.59. The Morgan fingerprint density at radius 2 is 2.03 bits per heavy atom. The fraction of sp³-hybridized carbons (Fsp3) is 0.333. The highest BCUT2D eigenvalue weighted by Gasteiger charge is 2.37. The summed E-state index contributed by atoms with van der Waals surface area (Å²) in [7, 11) is 1.57. The Hall–Kier alpha value is -3.73. The number of benzene rings is 1. The number of likely N-dealkylation sites (N-methyl/N-ethyl adjacent to an activating group) is 1. The minimum atomic E-state index is -4.61. The molecule has 1 aromatic carbocycles. The maximum atomic E-state index is 13.1. The standard InChI is InChI=1S/C24H23F3N6O2/c1-32(21(34)15-5-6-16-18(12-15)31-22(30-16)24(25,26)27)13-23(35)8-3-11-33(14-23)19-7-10-28-17-4-2-9-29-20(17)19/h2,4-7,9-10,12,35H,3,8,11,13-14H2,1H3,(H,30,31). The minimum Gasteiger partial charge on any atom is -0.386 e. The van der Waals surface area contributed by atoms with Crippen LogP contribution in [-0.4, -0.2) is 68.1 Å². The molecule has 0 radical (unpaired) electrons. The average Bonchev–Trinajstić information content (AvgIpc) is 3.27. The van der Waals surface area contributed by atoms with E-state index < -0.39 is 23.5 Å². The predicted octanol–water partition coefficient (Wildman–Crippen LogP) is 3.63. The average molecular weight is 484 g/mol. The number of aromatic nitrogens is 4. The normalized spacial score (nSPS) is 18.8. The molecule has 1 amide bonds. The van der Waals surface area contributed by atoms with Crippen molar-refractivity contribution in [3.05, 3.63) is 60.2 Å². The summed E-state index contributed by atoms with van der Waals surface area (Å²) in [6.07, 6.45) is 0.0239. The number of hydrogen-bond acceptors (Lipinski definition) is 6. The Morgan fingerprint density at radius 1 is 1.20 bits per heavy atom. The summed E-state index contributed by atoms with van der Waals surface area (Å²) in [5.74, 6) is -1.52. The van der Waals surface area contributed by atoms with E-state index in [9.17, 15) is 23.1 Å². The number of pyridine rings is 2. The van der Waals surface area contributed by atoms with Gasteiger partial charge in [0.15, 0.2) is 0 Å². The van der Waals surface area contributed by atoms with Gasteiger partial charge in [0.25, 0.3) is 5.91 Å². The van der Waals surface area contributed by atoms with Crippen molar-refractivity contribution in [2.24, 2.45) is 0 Å². The molecule has 8 nitrogen and oxygen atoms in total. The van der Waals surface area contributed by atoms with E-state index in [2.05, 4.69) is 19.9 Å². The van der Waals surface area contributed by atoms with Crippen LogP contribution in [0.5, 0.6) is 0 Å². The first kappa shape index (κ1) is 23.0. The van der Waals surface area contributed by atoms with Crippen molar-refractivity contribution in [1.29, 1.82) is 0 Å². The van der Waals surface area contributed by atoms with E-state index in [1.54, 1.807) is 19.4 Å². The van der Waals surface area contributed by atoms with Gasteiger partial charge >= 0.3 is 6.18 Å². The van der Waals surface area contributed by atoms with Crippen LogP contribution >= 0.6 is 0 Å². The summed E-state index contributed by atoms with van der Waals surface area (Å²) in [5.41, 5.74) is 1.65. The van der Waals surface area contributed by atoms with E-state index >= 15 is 0 Å². The van der Waals surface area contributed by atoms with E-state index in [4.69, 9.17) is 0 Å². The molecule has 4 heterocycles. The van der Waals surface area contributed by atoms with Crippen molar-refractivity contribution in [3.63, 3.8) is 0 Å². The molecule has 3 aromatic heterocycles. The van der Waals surface area contributed by atoms with Crippen molar-refractivity contribution < 1.29 is 23.1 Å². The fourth-order valence-electron chi connectivity index (χ4n) is 4.68. The molecule has 0 bridgehead atoms. The van der Waals surface area contributed by atoms with Crippen LogP contribution < -0.4 is 4.90 Å². The van der Waals surface area contributed by atoms with Crippen molar-refractivity contribution in [2.45, 2.75) is 24.6 Å². The van der Waals surface area contributed by atoms with Crippen LogP contribution in [0, 0.1) is 0 Å². The molecular formula is C24H23F3N6O2. The number of carbonyl (C=O) groups excluding carboxylic acids is 1. The highest BCUT2D eigenvalue weighted by Crippen LogP contribution is 2.31. The van der Waals surface area contributed by atoms with E-state index in [0.29, 0.717) is 13.0 Å². The molecule has 1 saturated heterocycles. The molecule has 1 aliphatic heterocycles. The molecule has 1 atom stereocenters. The first-order chi connectivity index (χ1) is 16.6. The van der Waals surface area contributed by atoms with Gasteiger partial charge in [-0.1, -0.05) is 0 Å². The van der Waals surface area contributed by atoms with Crippen LogP contribution in [0.1, 0.15) is 29.0 Å². The van der Waals surface area contributed by atoms with Crippen LogP contribution in [0.15, 0.2) is 48.8 Å². The highest BCUT2D eigenvalue weighted by atomic mass is 19.4. The molecule has 4 aromatic rings. The van der Waals surface area contributed by atoms with Gasteiger partial charge in [-0.2, -0.15) is 13.2 Å². The van der Waals surface area contributed by atoms with E-state index in [1.165, 1.54) is 23.1 Å². The molecule has 1 aliphatic rings. The summed E-state index contributed by atoms with van der Waals surface area (Å²) in [4.78, 5) is 31.0. The zero-order chi connectivity index (χ0) is 24.8. The second kappa shape index (κ2) is 8.49. The molecular weight excluding hydrogens is 461 g/mol. The number of anilines is 1. The van der Waals surface area contributed by atoms with Crippen LogP contribution in [0.2, 0.25) is 0 Å². The maximum Gasteiger partial charge on any atom is 0.449 e. The van der Waals surface area contributed by atoms with Crippen LogP contribution in [0.4, 0.5) is 18.9 Å². The van der Waals surface area contributed by atoms with Crippen LogP contribution in [0.25, 0.3) is 22.1 Å². The van der Waals surface area contributed by atoms with E-state index in [0.717, 1.165) is 29.7 Å². The summed E-state index contributed by atoms with van der Waals surface area (Å²) in [6.45, 7) is 1.09. The topological polar surface area (TPSA) is 98.2 Å². The molecule has 1 fully saturated rings. The van der Waals surface area contributed by atoms with Gasteiger partial charge in [-0.05, 0) is 49.2 Å². The molecule has 0 saturated carbocycles. The van der Waals surface area contributed by atoms with Crippen molar-refractivity contribution in [3.8, 4) is 0 Å². The zero-order valence-electron chi connectivity index (χ0n) is 18.9. The second-order valence-electron chi connectivity index (χ2n) is 8.93. The quantitative estimate of drug-likeness (QED) is 0.459. The number of imidazole rings is 1. The molecule has 0 aliphatic carbocycles. The summed E-state index contributed by atoms with van der Waals surface area (Å²) in [5, 5.41) is 11.4. The number of rotatable bonds is 4. The lowest BCUT2D eigenvalue weighted by molar-refractivity contribution is -0.144. The summed E-state index contributed by atoms with van der Waals surface area (Å²) in [6, 6.07) is 9.72. The lowest BCUT2D eigenvalue weighted by Crippen LogP contribution is -2.54. The number of nitrogens with zero attached hydrogens (tertiary/aromatic N) is 5. The van der Waals surface area contributed by atoms with Gasteiger partial charge in [0.1, 0.15) is 5.52 Å². The molecule has 11 heteroatoms. The first-order valence-electron chi connectivity index (χ1n) is 11.1. The molecule has 5 rings (SSSR count). The SMILES string of the molecule is CN(CC1(O)CCCN(c2ccnc3cccnc23)C1)C(=O)c1ccc2nc(C(F)(F)F)[nH]c2c1. The second-order valence-corrected chi connectivity index (χ2v) is 8.93. The third kappa shape index (κ3) is 4.51. The van der Waals surface area contributed by atoms with Crippen LogP contribution in [0.3, 0.4) is 0 Å². The Bertz CT molecular complexity index is 1400.